The Morgan fingerprint density at radius 3 is 3.00 bits per heavy atom. The number of halogens is 1. The number of aliphatic hydroxyl groups is 1. The third kappa shape index (κ3) is 3.00. The van der Waals surface area contributed by atoms with Gasteiger partial charge in [-0.3, -0.25) is 0 Å². The van der Waals surface area contributed by atoms with Gasteiger partial charge in [0.15, 0.2) is 0 Å². The summed E-state index contributed by atoms with van der Waals surface area (Å²) in [6.07, 6.45) is 2.66. The van der Waals surface area contributed by atoms with Crippen molar-refractivity contribution in [2.24, 2.45) is 5.73 Å². The molecule has 1 atom stereocenters. The van der Waals surface area contributed by atoms with Gasteiger partial charge in [-0.05, 0) is 43.9 Å². The first-order valence-electron chi connectivity index (χ1n) is 6.45. The number of aliphatic hydroxyl groups excluding tert-OH is 1. The highest BCUT2D eigenvalue weighted by molar-refractivity contribution is 5.58. The first-order chi connectivity index (χ1) is 8.52. The molecule has 18 heavy (non-hydrogen) atoms. The molecular formula is C14H21FN2O. The highest BCUT2D eigenvalue weighted by Crippen LogP contribution is 2.29. The van der Waals surface area contributed by atoms with E-state index in [1.807, 2.05) is 13.0 Å². The maximum atomic E-state index is 13.2. The maximum Gasteiger partial charge on any atom is 0.125 e. The summed E-state index contributed by atoms with van der Waals surface area (Å²) < 4.78 is 13.2. The fourth-order valence-electron chi connectivity index (χ4n) is 2.40. The molecular weight excluding hydrogens is 231 g/mol. The van der Waals surface area contributed by atoms with E-state index < -0.39 is 5.54 Å². The lowest BCUT2D eigenvalue weighted by molar-refractivity contribution is 0.198. The summed E-state index contributed by atoms with van der Waals surface area (Å²) >= 11 is 0. The van der Waals surface area contributed by atoms with Crippen molar-refractivity contribution < 1.29 is 9.50 Å². The van der Waals surface area contributed by atoms with Crippen LogP contribution in [0.25, 0.3) is 0 Å². The summed E-state index contributed by atoms with van der Waals surface area (Å²) in [5.41, 5.74) is 7.61. The Labute approximate surface area is 107 Å². The van der Waals surface area contributed by atoms with E-state index in [1.165, 1.54) is 11.6 Å². The average Bonchev–Trinajstić information content (AvgIpc) is 2.72. The topological polar surface area (TPSA) is 49.5 Å². The van der Waals surface area contributed by atoms with Crippen LogP contribution in [-0.4, -0.2) is 30.3 Å². The molecule has 1 aromatic rings. The molecule has 0 aromatic heterocycles. The van der Waals surface area contributed by atoms with Gasteiger partial charge >= 0.3 is 0 Å². The summed E-state index contributed by atoms with van der Waals surface area (Å²) in [6, 6.07) is 4.99. The fraction of sp³-hybridized carbons (Fsp3) is 0.571. The summed E-state index contributed by atoms with van der Waals surface area (Å²) in [4.78, 5) is 2.20. The number of rotatable bonds is 5. The summed E-state index contributed by atoms with van der Waals surface area (Å²) in [5, 5.41) is 9.09. The predicted molar refractivity (Wildman–Crippen MR) is 71.2 cm³/mol. The molecule has 1 aliphatic heterocycles. The van der Waals surface area contributed by atoms with Crippen LogP contribution in [-0.2, 0) is 6.42 Å². The second kappa shape index (κ2) is 5.24. The van der Waals surface area contributed by atoms with Crippen molar-refractivity contribution in [2.45, 2.75) is 31.7 Å². The Morgan fingerprint density at radius 2 is 2.28 bits per heavy atom. The third-order valence-corrected chi connectivity index (χ3v) is 3.58. The molecule has 0 aliphatic carbocycles. The number of benzene rings is 1. The second-order valence-electron chi connectivity index (χ2n) is 5.43. The van der Waals surface area contributed by atoms with E-state index >= 15 is 0 Å². The molecule has 0 saturated carbocycles. The molecule has 3 nitrogen and oxygen atoms in total. The SMILES string of the molecule is CC(N)(CO)CCCN1CCc2ccc(F)cc21. The van der Waals surface area contributed by atoms with Crippen molar-refractivity contribution >= 4 is 5.69 Å². The number of hydrogen-bond acceptors (Lipinski definition) is 3. The van der Waals surface area contributed by atoms with E-state index in [1.54, 1.807) is 6.07 Å². The summed E-state index contributed by atoms with van der Waals surface area (Å²) in [7, 11) is 0. The van der Waals surface area contributed by atoms with Crippen LogP contribution < -0.4 is 10.6 Å². The number of anilines is 1. The lowest BCUT2D eigenvalue weighted by atomic mass is 9.98. The first-order valence-corrected chi connectivity index (χ1v) is 6.45. The van der Waals surface area contributed by atoms with Gasteiger partial charge in [-0.15, -0.1) is 0 Å². The molecule has 1 aromatic carbocycles. The quantitative estimate of drug-likeness (QED) is 0.838. The highest BCUT2D eigenvalue weighted by Gasteiger charge is 2.21. The Bertz CT molecular complexity index is 420. The molecule has 1 unspecified atom stereocenters. The van der Waals surface area contributed by atoms with Crippen molar-refractivity contribution in [3.8, 4) is 0 Å². The second-order valence-corrected chi connectivity index (χ2v) is 5.43. The van der Waals surface area contributed by atoms with Gasteiger partial charge in [0, 0.05) is 24.3 Å². The van der Waals surface area contributed by atoms with Gasteiger partial charge in [0.1, 0.15) is 5.82 Å². The first kappa shape index (κ1) is 13.3. The summed E-state index contributed by atoms with van der Waals surface area (Å²) in [6.45, 7) is 3.66. The Morgan fingerprint density at radius 1 is 1.50 bits per heavy atom. The largest absolute Gasteiger partial charge is 0.394 e. The molecule has 0 bridgehead atoms. The van der Waals surface area contributed by atoms with E-state index in [0.717, 1.165) is 38.0 Å². The molecule has 0 saturated heterocycles. The average molecular weight is 252 g/mol. The fourth-order valence-corrected chi connectivity index (χ4v) is 2.40. The molecule has 0 amide bonds. The third-order valence-electron chi connectivity index (χ3n) is 3.58. The van der Waals surface area contributed by atoms with Crippen LogP contribution in [0.1, 0.15) is 25.3 Å². The molecule has 0 spiro atoms. The highest BCUT2D eigenvalue weighted by atomic mass is 19.1. The van der Waals surface area contributed by atoms with Crippen LogP contribution in [0.4, 0.5) is 10.1 Å². The minimum atomic E-state index is -0.509. The van der Waals surface area contributed by atoms with E-state index in [-0.39, 0.29) is 12.4 Å². The van der Waals surface area contributed by atoms with Gasteiger partial charge in [0.2, 0.25) is 0 Å². The zero-order valence-electron chi connectivity index (χ0n) is 10.8. The molecule has 1 aliphatic rings. The standard InChI is InChI=1S/C14H21FN2O/c1-14(16,10-18)6-2-7-17-8-5-11-3-4-12(15)9-13(11)17/h3-4,9,18H,2,5-8,10,16H2,1H3. The van der Waals surface area contributed by atoms with Gasteiger partial charge in [-0.25, -0.2) is 4.39 Å². The van der Waals surface area contributed by atoms with E-state index in [9.17, 15) is 4.39 Å². The van der Waals surface area contributed by atoms with Crippen LogP contribution in [0, 0.1) is 5.82 Å². The van der Waals surface area contributed by atoms with Gasteiger partial charge in [-0.2, -0.15) is 0 Å². The molecule has 3 N–H and O–H groups in total. The summed E-state index contributed by atoms with van der Waals surface area (Å²) in [5.74, 6) is -0.181. The van der Waals surface area contributed by atoms with Gasteiger partial charge in [0.05, 0.1) is 6.61 Å². The number of nitrogens with two attached hydrogens (primary N) is 1. The normalized spacial score (nSPS) is 17.7. The molecule has 2 rings (SSSR count). The van der Waals surface area contributed by atoms with Gasteiger partial charge < -0.3 is 15.7 Å². The zero-order chi connectivity index (χ0) is 13.2. The zero-order valence-corrected chi connectivity index (χ0v) is 10.8. The van der Waals surface area contributed by atoms with E-state index in [0.29, 0.717) is 0 Å². The van der Waals surface area contributed by atoms with Crippen molar-refractivity contribution in [2.75, 3.05) is 24.6 Å². The van der Waals surface area contributed by atoms with Gasteiger partial charge in [0.25, 0.3) is 0 Å². The molecule has 100 valence electrons. The lowest BCUT2D eigenvalue weighted by Gasteiger charge is -2.24. The smallest absolute Gasteiger partial charge is 0.125 e. The Kier molecular flexibility index (Phi) is 3.88. The monoisotopic (exact) mass is 252 g/mol. The Balaban J connectivity index is 1.92. The van der Waals surface area contributed by atoms with Crippen LogP contribution in [0.5, 0.6) is 0 Å². The van der Waals surface area contributed by atoms with Crippen LogP contribution in [0.15, 0.2) is 18.2 Å². The Hall–Kier alpha value is -1.13. The predicted octanol–water partition coefficient (Wildman–Crippen LogP) is 1.68. The minimum absolute atomic E-state index is 0.00177. The van der Waals surface area contributed by atoms with Crippen LogP contribution >= 0.6 is 0 Å². The molecule has 4 heteroatoms. The number of fused-ring (bicyclic) bond motifs is 1. The van der Waals surface area contributed by atoms with Gasteiger partial charge in [-0.1, -0.05) is 6.07 Å². The van der Waals surface area contributed by atoms with Crippen molar-refractivity contribution in [3.63, 3.8) is 0 Å². The molecule has 0 radical (unpaired) electrons. The molecule has 1 heterocycles. The lowest BCUT2D eigenvalue weighted by Crippen LogP contribution is -2.40. The maximum absolute atomic E-state index is 13.2. The van der Waals surface area contributed by atoms with Crippen molar-refractivity contribution in [1.29, 1.82) is 0 Å². The number of nitrogens with zero attached hydrogens (tertiary/aromatic N) is 1. The van der Waals surface area contributed by atoms with Crippen LogP contribution in [0.3, 0.4) is 0 Å². The van der Waals surface area contributed by atoms with Crippen molar-refractivity contribution in [1.82, 2.24) is 0 Å². The van der Waals surface area contributed by atoms with Crippen LogP contribution in [0.2, 0.25) is 0 Å². The minimum Gasteiger partial charge on any atom is -0.394 e. The number of hydrogen-bond donors (Lipinski definition) is 2. The van der Waals surface area contributed by atoms with E-state index in [2.05, 4.69) is 4.90 Å². The van der Waals surface area contributed by atoms with Crippen molar-refractivity contribution in [3.05, 3.63) is 29.6 Å². The molecule has 0 fully saturated rings. The van der Waals surface area contributed by atoms with E-state index in [4.69, 9.17) is 10.8 Å².